The fraction of sp³-hybridized carbons (Fsp3) is 0.333. The number of nitrogens with zero attached hydrogens (tertiary/aromatic N) is 2. The van der Waals surface area contributed by atoms with Gasteiger partial charge in [0.2, 0.25) is 5.89 Å². The average Bonchev–Trinajstić information content (AvgIpc) is 2.86. The quantitative estimate of drug-likeness (QED) is 0.822. The number of ether oxygens (including phenoxy) is 2. The number of anilines is 2. The summed E-state index contributed by atoms with van der Waals surface area (Å²) in [6.07, 6.45) is 0.533. The molecule has 0 radical (unpaired) electrons. The number of methoxy groups -OCH3 is 2. The van der Waals surface area contributed by atoms with Crippen molar-refractivity contribution in [3.8, 4) is 11.5 Å². The summed E-state index contributed by atoms with van der Waals surface area (Å²) in [5, 5.41) is 10.7. The summed E-state index contributed by atoms with van der Waals surface area (Å²) in [4.78, 5) is 0. The van der Waals surface area contributed by atoms with Crippen LogP contribution in [-0.2, 0) is 6.42 Å². The van der Waals surface area contributed by atoms with Crippen molar-refractivity contribution in [2.75, 3.05) is 25.4 Å². The highest BCUT2D eigenvalue weighted by atomic mass is 35.5. The molecule has 1 aromatic heterocycles. The average molecular weight is 284 g/mol. The number of alkyl halides is 1. The lowest BCUT2D eigenvalue weighted by Gasteiger charge is -2.09. The van der Waals surface area contributed by atoms with E-state index in [1.54, 1.807) is 32.4 Å². The topological polar surface area (TPSA) is 69.4 Å². The minimum absolute atomic E-state index is 0.284. The predicted molar refractivity (Wildman–Crippen MR) is 71.6 cm³/mol. The molecule has 6 nitrogen and oxygen atoms in total. The van der Waals surface area contributed by atoms with Crippen LogP contribution in [0.4, 0.5) is 11.7 Å². The van der Waals surface area contributed by atoms with Crippen molar-refractivity contribution < 1.29 is 13.9 Å². The Balaban J connectivity index is 2.20. The number of aromatic nitrogens is 2. The zero-order valence-electron chi connectivity index (χ0n) is 10.6. The SMILES string of the molecule is COc1ccc(OC)c(Nc2nnc(CCCl)o2)c1. The van der Waals surface area contributed by atoms with Gasteiger partial charge in [0, 0.05) is 18.4 Å². The van der Waals surface area contributed by atoms with E-state index in [9.17, 15) is 0 Å². The van der Waals surface area contributed by atoms with Crippen LogP contribution in [0.25, 0.3) is 0 Å². The Morgan fingerprint density at radius 2 is 2.11 bits per heavy atom. The van der Waals surface area contributed by atoms with Crippen LogP contribution >= 0.6 is 11.6 Å². The fourth-order valence-electron chi connectivity index (χ4n) is 1.51. The van der Waals surface area contributed by atoms with Crippen LogP contribution in [0, 0.1) is 0 Å². The van der Waals surface area contributed by atoms with Gasteiger partial charge in [-0.3, -0.25) is 0 Å². The Morgan fingerprint density at radius 3 is 2.79 bits per heavy atom. The van der Waals surface area contributed by atoms with Crippen molar-refractivity contribution in [1.29, 1.82) is 0 Å². The summed E-state index contributed by atoms with van der Waals surface area (Å²) in [5.74, 6) is 2.27. The smallest absolute Gasteiger partial charge is 0.320 e. The highest BCUT2D eigenvalue weighted by Crippen LogP contribution is 2.31. The molecular formula is C12H14ClN3O3. The van der Waals surface area contributed by atoms with Crippen LogP contribution in [-0.4, -0.2) is 30.3 Å². The molecule has 102 valence electrons. The third-order valence-electron chi connectivity index (χ3n) is 2.42. The van der Waals surface area contributed by atoms with Gasteiger partial charge in [0.25, 0.3) is 0 Å². The minimum Gasteiger partial charge on any atom is -0.497 e. The van der Waals surface area contributed by atoms with Crippen molar-refractivity contribution in [2.24, 2.45) is 0 Å². The first-order chi connectivity index (χ1) is 9.26. The molecule has 0 saturated heterocycles. The van der Waals surface area contributed by atoms with Crippen molar-refractivity contribution in [1.82, 2.24) is 10.2 Å². The van der Waals surface area contributed by atoms with Gasteiger partial charge >= 0.3 is 6.01 Å². The highest BCUT2D eigenvalue weighted by Gasteiger charge is 2.10. The molecule has 1 aromatic carbocycles. The van der Waals surface area contributed by atoms with Gasteiger partial charge in [-0.25, -0.2) is 0 Å². The predicted octanol–water partition coefficient (Wildman–Crippen LogP) is 2.61. The first-order valence-corrected chi connectivity index (χ1v) is 6.17. The van der Waals surface area contributed by atoms with E-state index >= 15 is 0 Å². The molecule has 0 aliphatic heterocycles. The van der Waals surface area contributed by atoms with Gasteiger partial charge in [-0.15, -0.1) is 16.7 Å². The number of hydrogen-bond acceptors (Lipinski definition) is 6. The lowest BCUT2D eigenvalue weighted by atomic mass is 10.2. The molecule has 0 aliphatic carbocycles. The number of hydrogen-bond donors (Lipinski definition) is 1. The van der Waals surface area contributed by atoms with Gasteiger partial charge in [0.05, 0.1) is 19.9 Å². The number of benzene rings is 1. The molecule has 0 atom stereocenters. The Kier molecular flexibility index (Phi) is 4.46. The lowest BCUT2D eigenvalue weighted by molar-refractivity contribution is 0.404. The van der Waals surface area contributed by atoms with Gasteiger partial charge in [-0.05, 0) is 12.1 Å². The maximum Gasteiger partial charge on any atom is 0.320 e. The summed E-state index contributed by atoms with van der Waals surface area (Å²) >= 11 is 5.61. The molecule has 0 amide bonds. The molecule has 0 bridgehead atoms. The Hall–Kier alpha value is -1.95. The number of aryl methyl sites for hydroxylation is 1. The van der Waals surface area contributed by atoms with Crippen LogP contribution < -0.4 is 14.8 Å². The molecule has 1 heterocycles. The number of nitrogens with one attached hydrogen (secondary N) is 1. The first-order valence-electron chi connectivity index (χ1n) is 5.64. The highest BCUT2D eigenvalue weighted by molar-refractivity contribution is 6.17. The molecule has 0 aliphatic rings. The third-order valence-corrected chi connectivity index (χ3v) is 2.61. The molecule has 2 rings (SSSR count). The molecule has 0 fully saturated rings. The van der Waals surface area contributed by atoms with Gasteiger partial charge in [-0.2, -0.15) is 0 Å². The minimum atomic E-state index is 0.284. The van der Waals surface area contributed by atoms with E-state index in [1.807, 2.05) is 0 Å². The van der Waals surface area contributed by atoms with E-state index < -0.39 is 0 Å². The maximum atomic E-state index is 5.61. The summed E-state index contributed by atoms with van der Waals surface area (Å²) in [5.41, 5.74) is 0.683. The second-order valence-corrected chi connectivity index (χ2v) is 4.01. The molecule has 0 spiro atoms. The van der Waals surface area contributed by atoms with Crippen molar-refractivity contribution in [3.05, 3.63) is 24.1 Å². The number of rotatable bonds is 6. The fourth-order valence-corrected chi connectivity index (χ4v) is 1.67. The summed E-state index contributed by atoms with van der Waals surface area (Å²) < 4.78 is 15.8. The van der Waals surface area contributed by atoms with E-state index in [2.05, 4.69) is 15.5 Å². The Labute approximate surface area is 115 Å². The molecule has 0 saturated carbocycles. The van der Waals surface area contributed by atoms with Crippen LogP contribution in [0.2, 0.25) is 0 Å². The summed E-state index contributed by atoms with van der Waals surface area (Å²) in [6, 6.07) is 5.66. The van der Waals surface area contributed by atoms with E-state index in [0.29, 0.717) is 35.4 Å². The molecule has 1 N–H and O–H groups in total. The zero-order chi connectivity index (χ0) is 13.7. The molecule has 7 heteroatoms. The van der Waals surface area contributed by atoms with E-state index in [0.717, 1.165) is 0 Å². The summed E-state index contributed by atoms with van der Waals surface area (Å²) in [6.45, 7) is 0. The first kappa shape index (κ1) is 13.5. The van der Waals surface area contributed by atoms with Crippen molar-refractivity contribution in [3.63, 3.8) is 0 Å². The van der Waals surface area contributed by atoms with Crippen LogP contribution in [0.3, 0.4) is 0 Å². The van der Waals surface area contributed by atoms with Gasteiger partial charge in [0.1, 0.15) is 11.5 Å². The third kappa shape index (κ3) is 3.29. The Bertz CT molecular complexity index is 545. The van der Waals surface area contributed by atoms with Crippen molar-refractivity contribution >= 4 is 23.3 Å². The maximum absolute atomic E-state index is 5.61. The molecule has 19 heavy (non-hydrogen) atoms. The van der Waals surface area contributed by atoms with Crippen LogP contribution in [0.15, 0.2) is 22.6 Å². The largest absolute Gasteiger partial charge is 0.497 e. The van der Waals surface area contributed by atoms with E-state index in [4.69, 9.17) is 25.5 Å². The monoisotopic (exact) mass is 283 g/mol. The lowest BCUT2D eigenvalue weighted by Crippen LogP contribution is -1.96. The number of halogens is 1. The van der Waals surface area contributed by atoms with Crippen LogP contribution in [0.5, 0.6) is 11.5 Å². The van der Waals surface area contributed by atoms with Crippen LogP contribution in [0.1, 0.15) is 5.89 Å². The normalized spacial score (nSPS) is 10.3. The molecule has 0 unspecified atom stereocenters. The molecule has 2 aromatic rings. The van der Waals surface area contributed by atoms with E-state index in [1.165, 1.54) is 0 Å². The Morgan fingerprint density at radius 1 is 1.26 bits per heavy atom. The van der Waals surface area contributed by atoms with Gasteiger partial charge < -0.3 is 19.2 Å². The van der Waals surface area contributed by atoms with Gasteiger partial charge in [0.15, 0.2) is 0 Å². The standard InChI is InChI=1S/C12H14ClN3O3/c1-17-8-3-4-10(18-2)9(7-8)14-12-16-15-11(19-12)5-6-13/h3-4,7H,5-6H2,1-2H3,(H,14,16). The van der Waals surface area contributed by atoms with E-state index in [-0.39, 0.29) is 6.01 Å². The molecular weight excluding hydrogens is 270 g/mol. The summed E-state index contributed by atoms with van der Waals surface area (Å²) in [7, 11) is 3.18. The van der Waals surface area contributed by atoms with Crippen molar-refractivity contribution in [2.45, 2.75) is 6.42 Å². The van der Waals surface area contributed by atoms with Gasteiger partial charge in [-0.1, -0.05) is 5.10 Å². The zero-order valence-corrected chi connectivity index (χ0v) is 11.4. The second kappa shape index (κ2) is 6.29. The second-order valence-electron chi connectivity index (χ2n) is 3.63.